The molecular weight excluding hydrogens is 160 g/mol. The molecular formula is C8H14O2S. The summed E-state index contributed by atoms with van der Waals surface area (Å²) in [5.74, 6) is 2.13. The van der Waals surface area contributed by atoms with Crippen molar-refractivity contribution >= 4 is 17.7 Å². The first-order valence-electron chi connectivity index (χ1n) is 3.84. The van der Waals surface area contributed by atoms with Gasteiger partial charge in [0.15, 0.2) is 0 Å². The van der Waals surface area contributed by atoms with Crippen molar-refractivity contribution in [1.29, 1.82) is 0 Å². The van der Waals surface area contributed by atoms with Crippen molar-refractivity contribution in [3.63, 3.8) is 0 Å². The molecule has 0 spiro atoms. The van der Waals surface area contributed by atoms with E-state index in [4.69, 9.17) is 0 Å². The van der Waals surface area contributed by atoms with Crippen molar-refractivity contribution in [2.24, 2.45) is 11.8 Å². The Morgan fingerprint density at radius 3 is 2.73 bits per heavy atom. The zero-order chi connectivity index (χ0) is 8.27. The minimum atomic E-state index is -0.0256. The molecule has 2 nitrogen and oxygen atoms in total. The van der Waals surface area contributed by atoms with Gasteiger partial charge in [-0.15, -0.1) is 0 Å². The molecule has 0 aliphatic heterocycles. The molecule has 0 heterocycles. The number of hydrogen-bond acceptors (Lipinski definition) is 3. The summed E-state index contributed by atoms with van der Waals surface area (Å²) in [4.78, 5) is 10.9. The Balaban J connectivity index is 2.13. The Labute approximate surface area is 71.7 Å². The molecule has 0 aromatic heterocycles. The average Bonchev–Trinajstić information content (AvgIpc) is 1.94. The smallest absolute Gasteiger partial charge is 0.308 e. The highest BCUT2D eigenvalue weighted by atomic mass is 32.2. The first-order chi connectivity index (χ1) is 5.27. The summed E-state index contributed by atoms with van der Waals surface area (Å²) in [6, 6.07) is 0. The second-order valence-electron chi connectivity index (χ2n) is 3.01. The van der Waals surface area contributed by atoms with Gasteiger partial charge in [0.05, 0.1) is 13.0 Å². The van der Waals surface area contributed by atoms with E-state index < -0.39 is 0 Å². The van der Waals surface area contributed by atoms with Gasteiger partial charge >= 0.3 is 5.97 Å². The Morgan fingerprint density at radius 1 is 1.64 bits per heavy atom. The zero-order valence-corrected chi connectivity index (χ0v) is 7.82. The Kier molecular flexibility index (Phi) is 3.24. The summed E-state index contributed by atoms with van der Waals surface area (Å²) < 4.78 is 4.63. The van der Waals surface area contributed by atoms with E-state index in [0.717, 1.165) is 18.8 Å². The van der Waals surface area contributed by atoms with E-state index in [9.17, 15) is 4.79 Å². The predicted octanol–water partition coefficient (Wildman–Crippen LogP) is 1.55. The average molecular weight is 174 g/mol. The van der Waals surface area contributed by atoms with Gasteiger partial charge < -0.3 is 4.74 Å². The summed E-state index contributed by atoms with van der Waals surface area (Å²) in [6.45, 7) is 0. The quantitative estimate of drug-likeness (QED) is 0.607. The van der Waals surface area contributed by atoms with Gasteiger partial charge in [-0.05, 0) is 30.8 Å². The molecule has 0 aromatic carbocycles. The minimum Gasteiger partial charge on any atom is -0.469 e. The van der Waals surface area contributed by atoms with E-state index in [-0.39, 0.29) is 11.9 Å². The van der Waals surface area contributed by atoms with Crippen molar-refractivity contribution in [2.75, 3.05) is 19.1 Å². The molecule has 0 radical (unpaired) electrons. The van der Waals surface area contributed by atoms with Crippen molar-refractivity contribution in [1.82, 2.24) is 0 Å². The van der Waals surface area contributed by atoms with Crippen LogP contribution in [0.15, 0.2) is 0 Å². The van der Waals surface area contributed by atoms with Crippen molar-refractivity contribution < 1.29 is 9.53 Å². The molecule has 0 atom stereocenters. The summed E-state index contributed by atoms with van der Waals surface area (Å²) in [5.41, 5.74) is 0. The second-order valence-corrected chi connectivity index (χ2v) is 3.92. The molecule has 1 rings (SSSR count). The van der Waals surface area contributed by atoms with Crippen LogP contribution in [0.1, 0.15) is 12.8 Å². The lowest BCUT2D eigenvalue weighted by atomic mass is 9.76. The third kappa shape index (κ3) is 2.12. The maximum atomic E-state index is 10.9. The van der Waals surface area contributed by atoms with E-state index in [1.807, 2.05) is 11.8 Å². The first-order valence-corrected chi connectivity index (χ1v) is 5.24. The minimum absolute atomic E-state index is 0.0256. The van der Waals surface area contributed by atoms with Crippen molar-refractivity contribution in [3.8, 4) is 0 Å². The predicted molar refractivity (Wildman–Crippen MR) is 46.6 cm³/mol. The van der Waals surface area contributed by atoms with Gasteiger partial charge in [-0.1, -0.05) is 0 Å². The molecule has 1 aliphatic rings. The Bertz CT molecular complexity index is 141. The largest absolute Gasteiger partial charge is 0.469 e. The fourth-order valence-electron chi connectivity index (χ4n) is 1.47. The van der Waals surface area contributed by atoms with Gasteiger partial charge in [-0.2, -0.15) is 11.8 Å². The Morgan fingerprint density at radius 2 is 2.27 bits per heavy atom. The molecule has 0 amide bonds. The second kappa shape index (κ2) is 4.00. The van der Waals surface area contributed by atoms with Gasteiger partial charge in [0, 0.05) is 0 Å². The van der Waals surface area contributed by atoms with Gasteiger partial charge in [0.25, 0.3) is 0 Å². The van der Waals surface area contributed by atoms with Crippen molar-refractivity contribution in [2.45, 2.75) is 12.8 Å². The molecule has 3 heteroatoms. The molecule has 11 heavy (non-hydrogen) atoms. The van der Waals surface area contributed by atoms with Gasteiger partial charge in [0.2, 0.25) is 0 Å². The van der Waals surface area contributed by atoms with E-state index in [0.29, 0.717) is 0 Å². The maximum Gasteiger partial charge on any atom is 0.308 e. The summed E-state index contributed by atoms with van der Waals surface area (Å²) in [6.07, 6.45) is 4.17. The summed E-state index contributed by atoms with van der Waals surface area (Å²) in [5, 5.41) is 0. The molecule has 1 aliphatic carbocycles. The molecule has 0 aromatic rings. The lowest BCUT2D eigenvalue weighted by molar-refractivity contribution is -0.149. The Hall–Kier alpha value is -0.180. The zero-order valence-electron chi connectivity index (χ0n) is 7.00. The van der Waals surface area contributed by atoms with Crippen LogP contribution in [0.5, 0.6) is 0 Å². The number of carbonyl (C=O) groups is 1. The third-order valence-electron chi connectivity index (χ3n) is 2.17. The lowest BCUT2D eigenvalue weighted by Crippen LogP contribution is -2.32. The number of ether oxygens (including phenoxy) is 1. The molecule has 0 bridgehead atoms. The number of carbonyl (C=O) groups excluding carboxylic acids is 1. The normalized spacial score (nSPS) is 29.3. The fourth-order valence-corrected chi connectivity index (χ4v) is 2.21. The third-order valence-corrected chi connectivity index (χ3v) is 2.98. The highest BCUT2D eigenvalue weighted by Crippen LogP contribution is 2.36. The number of rotatable bonds is 3. The molecule has 0 unspecified atom stereocenters. The number of hydrogen-bond donors (Lipinski definition) is 0. The molecule has 1 saturated carbocycles. The van der Waals surface area contributed by atoms with E-state index in [1.54, 1.807) is 0 Å². The van der Waals surface area contributed by atoms with Crippen LogP contribution in [0.3, 0.4) is 0 Å². The molecule has 0 saturated heterocycles. The monoisotopic (exact) mass is 174 g/mol. The summed E-state index contributed by atoms with van der Waals surface area (Å²) >= 11 is 1.85. The standard InChI is InChI=1S/C8H14O2S/c1-10-8(9)7-3-6(4-7)5-11-2/h6-7H,3-5H2,1-2H3. The van der Waals surface area contributed by atoms with Crippen LogP contribution in [0.2, 0.25) is 0 Å². The molecule has 0 N–H and O–H groups in total. The highest BCUT2D eigenvalue weighted by Gasteiger charge is 2.34. The van der Waals surface area contributed by atoms with E-state index >= 15 is 0 Å². The van der Waals surface area contributed by atoms with E-state index in [2.05, 4.69) is 11.0 Å². The van der Waals surface area contributed by atoms with Crippen molar-refractivity contribution in [3.05, 3.63) is 0 Å². The number of esters is 1. The summed E-state index contributed by atoms with van der Waals surface area (Å²) in [7, 11) is 1.46. The topological polar surface area (TPSA) is 26.3 Å². The van der Waals surface area contributed by atoms with Gasteiger partial charge in [0.1, 0.15) is 0 Å². The lowest BCUT2D eigenvalue weighted by Gasteiger charge is -2.32. The fraction of sp³-hybridized carbons (Fsp3) is 0.875. The van der Waals surface area contributed by atoms with Crippen LogP contribution in [0.4, 0.5) is 0 Å². The number of thioether (sulfide) groups is 1. The first kappa shape index (κ1) is 8.91. The van der Waals surface area contributed by atoms with Gasteiger partial charge in [-0.3, -0.25) is 4.79 Å². The molecule has 1 fully saturated rings. The van der Waals surface area contributed by atoms with Crippen LogP contribution in [0, 0.1) is 11.8 Å². The van der Waals surface area contributed by atoms with Crippen LogP contribution >= 0.6 is 11.8 Å². The van der Waals surface area contributed by atoms with Crippen LogP contribution in [-0.2, 0) is 9.53 Å². The highest BCUT2D eigenvalue weighted by molar-refractivity contribution is 7.98. The van der Waals surface area contributed by atoms with Crippen LogP contribution in [-0.4, -0.2) is 25.1 Å². The maximum absolute atomic E-state index is 10.9. The van der Waals surface area contributed by atoms with E-state index in [1.165, 1.54) is 12.9 Å². The van der Waals surface area contributed by atoms with Crippen LogP contribution < -0.4 is 0 Å². The van der Waals surface area contributed by atoms with Gasteiger partial charge in [-0.25, -0.2) is 0 Å². The molecule has 64 valence electrons. The SMILES string of the molecule is COC(=O)C1CC(CSC)C1. The number of methoxy groups -OCH3 is 1. The van der Waals surface area contributed by atoms with Crippen LogP contribution in [0.25, 0.3) is 0 Å².